The Morgan fingerprint density at radius 2 is 1.92 bits per heavy atom. The first-order chi connectivity index (χ1) is 17.5. The first-order valence-corrected chi connectivity index (χ1v) is 11.5. The van der Waals surface area contributed by atoms with Crippen LogP contribution in [-0.4, -0.2) is 32.2 Å². The number of aliphatic imine (C=N–C) groups is 1. The normalized spacial score (nSPS) is 15.0. The van der Waals surface area contributed by atoms with E-state index in [2.05, 4.69) is 10.3 Å². The summed E-state index contributed by atoms with van der Waals surface area (Å²) < 4.78 is 15.8. The topological polar surface area (TPSA) is 96.6 Å². The number of aromatic nitrogens is 2. The lowest BCUT2D eigenvalue weighted by Gasteiger charge is -2.15. The van der Waals surface area contributed by atoms with Gasteiger partial charge in [-0.2, -0.15) is 0 Å². The third-order valence-electron chi connectivity index (χ3n) is 6.08. The van der Waals surface area contributed by atoms with Crippen LogP contribution in [0.4, 0.5) is 15.8 Å². The smallest absolute Gasteiger partial charge is 0.303 e. The fourth-order valence-corrected chi connectivity index (χ4v) is 4.35. The molecule has 7 nitrogen and oxygen atoms in total. The lowest BCUT2D eigenvalue weighted by atomic mass is 9.89. The van der Waals surface area contributed by atoms with Crippen molar-refractivity contribution >= 4 is 29.0 Å². The Labute approximate surface area is 207 Å². The average molecular weight is 483 g/mol. The predicted octanol–water partition coefficient (Wildman–Crippen LogP) is 4.94. The first kappa shape index (κ1) is 23.2. The van der Waals surface area contributed by atoms with E-state index in [9.17, 15) is 14.0 Å². The molecule has 2 N–H and O–H groups in total. The number of amides is 1. The summed E-state index contributed by atoms with van der Waals surface area (Å²) in [6.07, 6.45) is 5.73. The molecule has 0 aliphatic carbocycles. The largest absolute Gasteiger partial charge is 0.481 e. The van der Waals surface area contributed by atoms with Crippen molar-refractivity contribution in [2.75, 3.05) is 5.32 Å². The maximum Gasteiger partial charge on any atom is 0.303 e. The highest BCUT2D eigenvalue weighted by Gasteiger charge is 2.35. The number of hydrogen-bond donors (Lipinski definition) is 2. The van der Waals surface area contributed by atoms with E-state index in [1.54, 1.807) is 18.6 Å². The van der Waals surface area contributed by atoms with Crippen molar-refractivity contribution < 1.29 is 19.1 Å². The SMILES string of the molecule is O=C(O)CCc1cccc(C(=Nc2ccc(Cn3ccnc3)cc2)C2C(=O)Nc3cc(F)ccc32)c1. The van der Waals surface area contributed by atoms with E-state index in [1.807, 2.05) is 59.3 Å². The van der Waals surface area contributed by atoms with E-state index in [0.717, 1.165) is 11.1 Å². The molecule has 0 spiro atoms. The highest BCUT2D eigenvalue weighted by Crippen LogP contribution is 2.37. The van der Waals surface area contributed by atoms with Crippen LogP contribution in [0.2, 0.25) is 0 Å². The Morgan fingerprint density at radius 1 is 1.08 bits per heavy atom. The van der Waals surface area contributed by atoms with Gasteiger partial charge in [-0.15, -0.1) is 0 Å². The second-order valence-corrected chi connectivity index (χ2v) is 8.65. The van der Waals surface area contributed by atoms with Crippen molar-refractivity contribution in [3.05, 3.63) is 114 Å². The van der Waals surface area contributed by atoms with Crippen molar-refractivity contribution in [3.8, 4) is 0 Å². The fourth-order valence-electron chi connectivity index (χ4n) is 4.35. The molecule has 1 amide bonds. The molecule has 3 aromatic carbocycles. The van der Waals surface area contributed by atoms with Crippen LogP contribution in [0.15, 0.2) is 90.4 Å². The third-order valence-corrected chi connectivity index (χ3v) is 6.08. The molecule has 0 radical (unpaired) electrons. The average Bonchev–Trinajstić information content (AvgIpc) is 3.49. The number of fused-ring (bicyclic) bond motifs is 1. The van der Waals surface area contributed by atoms with Crippen LogP contribution in [-0.2, 0) is 22.6 Å². The van der Waals surface area contributed by atoms with Crippen LogP contribution in [0.3, 0.4) is 0 Å². The highest BCUT2D eigenvalue weighted by atomic mass is 19.1. The summed E-state index contributed by atoms with van der Waals surface area (Å²) in [5.41, 5.74) is 4.86. The number of aliphatic carboxylic acids is 1. The number of aryl methyl sites for hydroxylation is 1. The summed E-state index contributed by atoms with van der Waals surface area (Å²) in [6, 6.07) is 19.4. The van der Waals surface area contributed by atoms with Gasteiger partial charge in [-0.05, 0) is 59.0 Å². The van der Waals surface area contributed by atoms with E-state index >= 15 is 0 Å². The van der Waals surface area contributed by atoms with E-state index in [4.69, 9.17) is 10.1 Å². The number of hydrogen-bond acceptors (Lipinski definition) is 4. The molecule has 1 unspecified atom stereocenters. The summed E-state index contributed by atoms with van der Waals surface area (Å²) in [4.78, 5) is 33.1. The standard InChI is InChI=1S/C28H23FN4O3/c29-21-7-10-23-24(15-21)32-28(36)26(23)27(20-3-1-2-18(14-20)6-11-25(34)35)31-22-8-4-19(5-9-22)16-33-13-12-30-17-33/h1-5,7-10,12-15,17,26H,6,11,16H2,(H,32,36)(H,34,35). The molecule has 8 heteroatoms. The molecule has 1 atom stereocenters. The Morgan fingerprint density at radius 3 is 2.67 bits per heavy atom. The molecule has 1 aromatic heterocycles. The van der Waals surface area contributed by atoms with Crippen LogP contribution >= 0.6 is 0 Å². The van der Waals surface area contributed by atoms with Crippen LogP contribution < -0.4 is 5.32 Å². The van der Waals surface area contributed by atoms with Crippen molar-refractivity contribution in [2.45, 2.75) is 25.3 Å². The summed E-state index contributed by atoms with van der Waals surface area (Å²) in [5, 5.41) is 11.8. The van der Waals surface area contributed by atoms with E-state index in [-0.39, 0.29) is 12.3 Å². The van der Waals surface area contributed by atoms with E-state index < -0.39 is 17.7 Å². The van der Waals surface area contributed by atoms with Crippen LogP contribution in [0.25, 0.3) is 0 Å². The minimum Gasteiger partial charge on any atom is -0.481 e. The number of nitrogens with zero attached hydrogens (tertiary/aromatic N) is 3. The molecule has 5 rings (SSSR count). The van der Waals surface area contributed by atoms with Gasteiger partial charge in [-0.25, -0.2) is 9.37 Å². The fraction of sp³-hybridized carbons (Fsp3) is 0.143. The van der Waals surface area contributed by atoms with Gasteiger partial charge in [0.1, 0.15) is 11.7 Å². The summed E-state index contributed by atoms with van der Waals surface area (Å²) in [6.45, 7) is 0.673. The van der Waals surface area contributed by atoms with E-state index in [0.29, 0.717) is 41.2 Å². The van der Waals surface area contributed by atoms with Gasteiger partial charge >= 0.3 is 5.97 Å². The van der Waals surface area contributed by atoms with Crippen LogP contribution in [0.5, 0.6) is 0 Å². The van der Waals surface area contributed by atoms with Gasteiger partial charge in [-0.3, -0.25) is 14.6 Å². The zero-order valence-electron chi connectivity index (χ0n) is 19.3. The lowest BCUT2D eigenvalue weighted by molar-refractivity contribution is -0.137. The number of carboxylic acids is 1. The maximum atomic E-state index is 13.8. The van der Waals surface area contributed by atoms with E-state index in [1.165, 1.54) is 12.1 Å². The predicted molar refractivity (Wildman–Crippen MR) is 134 cm³/mol. The number of carbonyl (C=O) groups excluding carboxylic acids is 1. The molecule has 0 bridgehead atoms. The summed E-state index contributed by atoms with van der Waals surface area (Å²) in [5.74, 6) is -2.34. The first-order valence-electron chi connectivity index (χ1n) is 11.5. The van der Waals surface area contributed by atoms with Gasteiger partial charge in [0, 0.05) is 31.0 Å². The molecule has 0 saturated heterocycles. The quantitative estimate of drug-likeness (QED) is 0.348. The monoisotopic (exact) mass is 482 g/mol. The van der Waals surface area contributed by atoms with Gasteiger partial charge in [0.2, 0.25) is 5.91 Å². The number of anilines is 1. The van der Waals surface area contributed by atoms with Crippen LogP contribution in [0, 0.1) is 5.82 Å². The molecule has 0 fully saturated rings. The Kier molecular flexibility index (Phi) is 6.40. The van der Waals surface area contributed by atoms with Crippen molar-refractivity contribution in [3.63, 3.8) is 0 Å². The lowest BCUT2D eigenvalue weighted by Crippen LogP contribution is -2.22. The minimum absolute atomic E-state index is 0.000329. The number of imidazole rings is 1. The molecule has 0 saturated carbocycles. The molecule has 36 heavy (non-hydrogen) atoms. The molecule has 1 aliphatic heterocycles. The molecular formula is C28H23FN4O3. The van der Waals surface area contributed by atoms with Crippen molar-refractivity contribution in [1.82, 2.24) is 9.55 Å². The van der Waals surface area contributed by atoms with Crippen LogP contribution in [0.1, 0.15) is 34.6 Å². The molecule has 180 valence electrons. The van der Waals surface area contributed by atoms with Gasteiger partial charge in [-0.1, -0.05) is 36.4 Å². The molecular weight excluding hydrogens is 459 g/mol. The number of nitrogens with one attached hydrogen (secondary N) is 1. The van der Waals surface area contributed by atoms with Crippen molar-refractivity contribution in [2.24, 2.45) is 4.99 Å². The second-order valence-electron chi connectivity index (χ2n) is 8.65. The van der Waals surface area contributed by atoms with Gasteiger partial charge in [0.15, 0.2) is 0 Å². The number of rotatable bonds is 8. The third kappa shape index (κ3) is 5.07. The zero-order valence-corrected chi connectivity index (χ0v) is 19.3. The number of benzene rings is 3. The number of carbonyl (C=O) groups is 2. The zero-order chi connectivity index (χ0) is 25.1. The number of halogens is 1. The van der Waals surface area contributed by atoms with Gasteiger partial charge < -0.3 is 15.0 Å². The van der Waals surface area contributed by atoms with Gasteiger partial charge in [0.05, 0.1) is 17.7 Å². The Bertz CT molecular complexity index is 1450. The summed E-state index contributed by atoms with van der Waals surface area (Å²) >= 11 is 0. The maximum absolute atomic E-state index is 13.8. The number of carboxylic acid groups (broad SMARTS) is 1. The van der Waals surface area contributed by atoms with Gasteiger partial charge in [0.25, 0.3) is 0 Å². The molecule has 2 heterocycles. The molecule has 4 aromatic rings. The van der Waals surface area contributed by atoms with Crippen molar-refractivity contribution in [1.29, 1.82) is 0 Å². The molecule has 1 aliphatic rings. The second kappa shape index (κ2) is 9.95. The Balaban J connectivity index is 1.54. The minimum atomic E-state index is -0.879. The highest BCUT2D eigenvalue weighted by molar-refractivity contribution is 6.24. The Hall–Kier alpha value is -4.59. The summed E-state index contributed by atoms with van der Waals surface area (Å²) in [7, 11) is 0.